The first-order valence-electron chi connectivity index (χ1n) is 9.22. The lowest BCUT2D eigenvalue weighted by atomic mass is 10.1. The molecule has 0 aromatic carbocycles. The SMILES string of the molecule is Cc1cc(-c2noc(C(C)C)n2)nc2c(C(=O)NC(C3CC3)C(F)(F)F)cnn12. The molecular formula is C18H19F3N6O2. The third-order valence-corrected chi connectivity index (χ3v) is 4.79. The van der Waals surface area contributed by atoms with Gasteiger partial charge in [-0.25, -0.2) is 9.50 Å². The molecule has 1 aliphatic rings. The normalized spacial score (nSPS) is 15.8. The summed E-state index contributed by atoms with van der Waals surface area (Å²) in [6, 6.07) is -0.209. The van der Waals surface area contributed by atoms with Crippen molar-refractivity contribution in [1.82, 2.24) is 30.1 Å². The summed E-state index contributed by atoms with van der Waals surface area (Å²) in [5.41, 5.74) is 1.05. The quantitative estimate of drug-likeness (QED) is 0.696. The molecule has 3 heterocycles. The summed E-state index contributed by atoms with van der Waals surface area (Å²) in [7, 11) is 0. The minimum Gasteiger partial charge on any atom is -0.340 e. The van der Waals surface area contributed by atoms with Crippen molar-refractivity contribution < 1.29 is 22.5 Å². The molecule has 154 valence electrons. The van der Waals surface area contributed by atoms with Crippen molar-refractivity contribution in [3.8, 4) is 11.5 Å². The number of nitrogens with zero attached hydrogens (tertiary/aromatic N) is 5. The van der Waals surface area contributed by atoms with E-state index in [9.17, 15) is 18.0 Å². The van der Waals surface area contributed by atoms with Crippen LogP contribution in [0.25, 0.3) is 17.2 Å². The van der Waals surface area contributed by atoms with Crippen LogP contribution in [0.5, 0.6) is 0 Å². The Morgan fingerprint density at radius 3 is 2.62 bits per heavy atom. The van der Waals surface area contributed by atoms with E-state index in [0.29, 0.717) is 30.1 Å². The molecule has 1 saturated carbocycles. The van der Waals surface area contributed by atoms with Gasteiger partial charge in [-0.3, -0.25) is 4.79 Å². The number of fused-ring (bicyclic) bond motifs is 1. The molecule has 11 heteroatoms. The third-order valence-electron chi connectivity index (χ3n) is 4.79. The number of hydrogen-bond donors (Lipinski definition) is 1. The molecule has 1 atom stereocenters. The van der Waals surface area contributed by atoms with Gasteiger partial charge in [-0.1, -0.05) is 19.0 Å². The molecule has 1 aliphatic carbocycles. The van der Waals surface area contributed by atoms with E-state index in [0.717, 1.165) is 0 Å². The number of carbonyl (C=O) groups is 1. The summed E-state index contributed by atoms with van der Waals surface area (Å²) in [5, 5.41) is 10.1. The highest BCUT2D eigenvalue weighted by Gasteiger charge is 2.49. The largest absolute Gasteiger partial charge is 0.408 e. The van der Waals surface area contributed by atoms with Gasteiger partial charge in [0.1, 0.15) is 17.3 Å². The smallest absolute Gasteiger partial charge is 0.340 e. The van der Waals surface area contributed by atoms with Crippen LogP contribution in [-0.4, -0.2) is 42.9 Å². The summed E-state index contributed by atoms with van der Waals surface area (Å²) in [5.74, 6) is -0.755. The Hall–Kier alpha value is -2.98. The highest BCUT2D eigenvalue weighted by Crippen LogP contribution is 2.40. The molecule has 3 aromatic rings. The number of alkyl halides is 3. The van der Waals surface area contributed by atoms with Crippen LogP contribution in [0, 0.1) is 12.8 Å². The summed E-state index contributed by atoms with van der Waals surface area (Å²) < 4.78 is 46.4. The minimum absolute atomic E-state index is 0.0270. The van der Waals surface area contributed by atoms with Gasteiger partial charge in [0, 0.05) is 11.6 Å². The Kier molecular flexibility index (Phi) is 4.55. The third kappa shape index (κ3) is 3.68. The molecule has 1 N–H and O–H groups in total. The van der Waals surface area contributed by atoms with Gasteiger partial charge in [-0.2, -0.15) is 23.3 Å². The van der Waals surface area contributed by atoms with E-state index in [1.165, 1.54) is 10.7 Å². The Bertz CT molecular complexity index is 1070. The van der Waals surface area contributed by atoms with Crippen LogP contribution in [0.15, 0.2) is 16.8 Å². The average Bonchev–Trinajstić information content (AvgIpc) is 3.17. The average molecular weight is 408 g/mol. The van der Waals surface area contributed by atoms with E-state index in [4.69, 9.17) is 4.52 Å². The number of carbonyl (C=O) groups excluding carboxylic acids is 1. The maximum atomic E-state index is 13.3. The lowest BCUT2D eigenvalue weighted by Crippen LogP contribution is -2.46. The van der Waals surface area contributed by atoms with Crippen LogP contribution < -0.4 is 5.32 Å². The number of halogens is 3. The molecule has 0 saturated heterocycles. The lowest BCUT2D eigenvalue weighted by molar-refractivity contribution is -0.158. The van der Waals surface area contributed by atoms with Gasteiger partial charge in [0.25, 0.3) is 5.91 Å². The topological polar surface area (TPSA) is 98.2 Å². The summed E-state index contributed by atoms with van der Waals surface area (Å²) in [6.07, 6.45) is -2.41. The molecule has 0 radical (unpaired) electrons. The highest BCUT2D eigenvalue weighted by atomic mass is 19.4. The van der Waals surface area contributed by atoms with Crippen molar-refractivity contribution in [3.63, 3.8) is 0 Å². The first-order valence-corrected chi connectivity index (χ1v) is 9.22. The zero-order valence-corrected chi connectivity index (χ0v) is 16.0. The molecule has 1 unspecified atom stereocenters. The van der Waals surface area contributed by atoms with Crippen molar-refractivity contribution >= 4 is 11.6 Å². The van der Waals surface area contributed by atoms with Crippen LogP contribution in [-0.2, 0) is 0 Å². The van der Waals surface area contributed by atoms with E-state index in [1.54, 1.807) is 13.0 Å². The predicted octanol–water partition coefficient (Wildman–Crippen LogP) is 3.28. The summed E-state index contributed by atoms with van der Waals surface area (Å²) in [6.45, 7) is 5.53. The van der Waals surface area contributed by atoms with Gasteiger partial charge in [-0.05, 0) is 31.7 Å². The van der Waals surface area contributed by atoms with Gasteiger partial charge < -0.3 is 9.84 Å². The van der Waals surface area contributed by atoms with E-state index in [-0.39, 0.29) is 23.0 Å². The minimum atomic E-state index is -4.51. The predicted molar refractivity (Wildman–Crippen MR) is 95.1 cm³/mol. The number of nitrogens with one attached hydrogen (secondary N) is 1. The maximum Gasteiger partial charge on any atom is 0.408 e. The van der Waals surface area contributed by atoms with Crippen LogP contribution in [0.3, 0.4) is 0 Å². The zero-order chi connectivity index (χ0) is 20.9. The van der Waals surface area contributed by atoms with Gasteiger partial charge in [0.05, 0.1) is 6.20 Å². The van der Waals surface area contributed by atoms with Crippen molar-refractivity contribution in [2.75, 3.05) is 0 Å². The fourth-order valence-electron chi connectivity index (χ4n) is 3.08. The molecule has 1 fully saturated rings. The number of hydrogen-bond acceptors (Lipinski definition) is 6. The molecule has 8 nitrogen and oxygen atoms in total. The molecule has 0 bridgehead atoms. The van der Waals surface area contributed by atoms with E-state index in [2.05, 4.69) is 25.5 Å². The second-order valence-electron chi connectivity index (χ2n) is 7.52. The van der Waals surface area contributed by atoms with E-state index in [1.807, 2.05) is 13.8 Å². The first-order chi connectivity index (χ1) is 13.6. The first kappa shape index (κ1) is 19.3. The Labute approximate surface area is 163 Å². The van der Waals surface area contributed by atoms with Crippen molar-refractivity contribution in [2.45, 2.75) is 51.7 Å². The van der Waals surface area contributed by atoms with Gasteiger partial charge in [-0.15, -0.1) is 0 Å². The number of aryl methyl sites for hydroxylation is 1. The number of aromatic nitrogens is 5. The number of rotatable bonds is 5. The van der Waals surface area contributed by atoms with Gasteiger partial charge >= 0.3 is 6.18 Å². The molecular weight excluding hydrogens is 389 g/mol. The lowest BCUT2D eigenvalue weighted by Gasteiger charge is -2.20. The van der Waals surface area contributed by atoms with E-state index >= 15 is 0 Å². The Morgan fingerprint density at radius 2 is 2.03 bits per heavy atom. The maximum absolute atomic E-state index is 13.3. The fourth-order valence-corrected chi connectivity index (χ4v) is 3.08. The van der Waals surface area contributed by atoms with Gasteiger partial charge in [0.2, 0.25) is 11.7 Å². The Morgan fingerprint density at radius 1 is 1.31 bits per heavy atom. The van der Waals surface area contributed by atoms with Crippen molar-refractivity contribution in [2.24, 2.45) is 5.92 Å². The molecule has 4 rings (SSSR count). The van der Waals surface area contributed by atoms with Gasteiger partial charge in [0.15, 0.2) is 5.65 Å². The summed E-state index contributed by atoms with van der Waals surface area (Å²) in [4.78, 5) is 21.3. The van der Waals surface area contributed by atoms with Crippen molar-refractivity contribution in [1.29, 1.82) is 0 Å². The molecule has 1 amide bonds. The monoisotopic (exact) mass is 408 g/mol. The highest BCUT2D eigenvalue weighted by molar-refractivity contribution is 6.00. The van der Waals surface area contributed by atoms with Crippen LogP contribution >= 0.6 is 0 Å². The van der Waals surface area contributed by atoms with Crippen LogP contribution in [0.2, 0.25) is 0 Å². The van der Waals surface area contributed by atoms with E-state index < -0.39 is 24.0 Å². The number of amides is 1. The van der Waals surface area contributed by atoms with Crippen LogP contribution in [0.4, 0.5) is 13.2 Å². The molecule has 0 spiro atoms. The van der Waals surface area contributed by atoms with Crippen LogP contribution in [0.1, 0.15) is 54.5 Å². The molecule has 29 heavy (non-hydrogen) atoms. The standard InChI is InChI=1S/C18H19F3N6O2/c1-8(2)17-25-14(26-29-17)12-6-9(3)27-15(23-12)11(7-22-27)16(28)24-13(10-4-5-10)18(19,20)21/h6-8,10,13H,4-5H2,1-3H3,(H,24,28). The zero-order valence-electron chi connectivity index (χ0n) is 16.0. The summed E-state index contributed by atoms with van der Waals surface area (Å²) >= 11 is 0. The van der Waals surface area contributed by atoms with Crippen molar-refractivity contribution in [3.05, 3.63) is 29.4 Å². The fraction of sp³-hybridized carbons (Fsp3) is 0.500. The second-order valence-corrected chi connectivity index (χ2v) is 7.52. The molecule has 3 aromatic heterocycles. The molecule has 0 aliphatic heterocycles. The second kappa shape index (κ2) is 6.82. The Balaban J connectivity index is 1.70.